The van der Waals surface area contributed by atoms with Crippen LogP contribution in [0.15, 0.2) is 24.4 Å². The lowest BCUT2D eigenvalue weighted by Gasteiger charge is -2.25. The average Bonchev–Trinajstić information content (AvgIpc) is 2.58. The van der Waals surface area contributed by atoms with Gasteiger partial charge in [0.2, 0.25) is 12.3 Å². The molecule has 1 aliphatic rings. The monoisotopic (exact) mass is 237 g/mol. The van der Waals surface area contributed by atoms with Crippen LogP contribution in [0.25, 0.3) is 0 Å². The van der Waals surface area contributed by atoms with Crippen LogP contribution in [-0.4, -0.2) is 35.3 Å². The minimum atomic E-state index is -0.666. The molecule has 0 spiro atoms. The third-order valence-electron chi connectivity index (χ3n) is 2.41. The Morgan fingerprint density at radius 2 is 2.12 bits per heavy atom. The molecule has 2 N–H and O–H groups in total. The van der Waals surface area contributed by atoms with Gasteiger partial charge in [0.05, 0.1) is 6.17 Å². The number of nitrogens with one attached hydrogen (secondary N) is 2. The van der Waals surface area contributed by atoms with Gasteiger partial charge in [-0.1, -0.05) is 6.58 Å². The second-order valence-electron chi connectivity index (χ2n) is 3.72. The van der Waals surface area contributed by atoms with Crippen LogP contribution in [0.3, 0.4) is 0 Å². The summed E-state index contributed by atoms with van der Waals surface area (Å²) in [6.07, 6.45) is 2.93. The molecule has 6 heteroatoms. The van der Waals surface area contributed by atoms with E-state index in [-0.39, 0.29) is 11.8 Å². The molecule has 17 heavy (non-hydrogen) atoms. The van der Waals surface area contributed by atoms with Crippen LogP contribution in [-0.2, 0) is 14.4 Å². The Labute approximate surface area is 99.3 Å². The molecule has 0 saturated heterocycles. The van der Waals surface area contributed by atoms with Gasteiger partial charge in [0.15, 0.2) is 0 Å². The highest BCUT2D eigenvalue weighted by atomic mass is 16.2. The van der Waals surface area contributed by atoms with Crippen LogP contribution in [0, 0.1) is 0 Å². The Balaban J connectivity index is 2.61. The van der Waals surface area contributed by atoms with Crippen molar-refractivity contribution in [2.24, 2.45) is 0 Å². The molecule has 0 radical (unpaired) electrons. The molecule has 6 nitrogen and oxygen atoms in total. The van der Waals surface area contributed by atoms with Gasteiger partial charge in [0.25, 0.3) is 5.91 Å². The van der Waals surface area contributed by atoms with Crippen molar-refractivity contribution >= 4 is 18.2 Å². The standard InChI is InChI=1S/C11H15N3O3/c1-7-4-5-10(16)14(7)8(2)11(17)13-9(3)12-6-15/h4-6,8-9H,1H2,2-3H3,(H,12,15)(H,13,17). The summed E-state index contributed by atoms with van der Waals surface area (Å²) in [7, 11) is 0. The Kier molecular flexibility index (Phi) is 4.03. The largest absolute Gasteiger partial charge is 0.339 e. The van der Waals surface area contributed by atoms with E-state index in [9.17, 15) is 14.4 Å². The maximum absolute atomic E-state index is 11.8. The molecule has 0 aromatic rings. The third kappa shape index (κ3) is 2.93. The molecule has 3 amide bonds. The fourth-order valence-electron chi connectivity index (χ4n) is 1.50. The summed E-state index contributed by atoms with van der Waals surface area (Å²) < 4.78 is 0. The fourth-order valence-corrected chi connectivity index (χ4v) is 1.50. The van der Waals surface area contributed by atoms with Crippen molar-refractivity contribution in [2.75, 3.05) is 0 Å². The SMILES string of the molecule is C=C1C=CC(=O)N1C(C)C(=O)NC(C)NC=O. The number of amides is 3. The molecule has 0 aromatic carbocycles. The normalized spacial score (nSPS) is 17.9. The van der Waals surface area contributed by atoms with Crippen LogP contribution in [0.2, 0.25) is 0 Å². The molecule has 2 atom stereocenters. The average molecular weight is 237 g/mol. The Hall–Kier alpha value is -2.11. The maximum atomic E-state index is 11.8. The van der Waals surface area contributed by atoms with Gasteiger partial charge in [0, 0.05) is 11.8 Å². The summed E-state index contributed by atoms with van der Waals surface area (Å²) in [6, 6.07) is -0.666. The number of carbonyl (C=O) groups excluding carboxylic acids is 3. The predicted octanol–water partition coefficient (Wildman–Crippen LogP) is -0.505. The number of nitrogens with zero attached hydrogens (tertiary/aromatic N) is 1. The maximum Gasteiger partial charge on any atom is 0.251 e. The van der Waals surface area contributed by atoms with E-state index >= 15 is 0 Å². The first-order valence-corrected chi connectivity index (χ1v) is 5.17. The second kappa shape index (κ2) is 5.29. The summed E-state index contributed by atoms with van der Waals surface area (Å²) in [6.45, 7) is 6.89. The van der Waals surface area contributed by atoms with Gasteiger partial charge < -0.3 is 10.6 Å². The first-order chi connectivity index (χ1) is 7.97. The fraction of sp³-hybridized carbons (Fsp3) is 0.364. The smallest absolute Gasteiger partial charge is 0.251 e. The lowest BCUT2D eigenvalue weighted by atomic mass is 10.2. The molecule has 0 aromatic heterocycles. The summed E-state index contributed by atoms with van der Waals surface area (Å²) in [5, 5.41) is 4.94. The zero-order chi connectivity index (χ0) is 13.0. The van der Waals surface area contributed by atoms with Crippen molar-refractivity contribution in [3.63, 3.8) is 0 Å². The van der Waals surface area contributed by atoms with E-state index < -0.39 is 12.2 Å². The zero-order valence-electron chi connectivity index (χ0n) is 9.77. The molecule has 1 heterocycles. The molecule has 1 rings (SSSR count). The van der Waals surface area contributed by atoms with Crippen molar-refractivity contribution in [1.82, 2.24) is 15.5 Å². The first kappa shape index (κ1) is 13.0. The van der Waals surface area contributed by atoms with E-state index in [1.165, 1.54) is 11.0 Å². The van der Waals surface area contributed by atoms with Crippen LogP contribution in [0.1, 0.15) is 13.8 Å². The molecule has 2 unspecified atom stereocenters. The van der Waals surface area contributed by atoms with E-state index in [0.29, 0.717) is 12.1 Å². The number of carbonyl (C=O) groups is 3. The van der Waals surface area contributed by atoms with E-state index in [2.05, 4.69) is 17.2 Å². The molecule has 0 fully saturated rings. The van der Waals surface area contributed by atoms with Crippen LogP contribution in [0.4, 0.5) is 0 Å². The Morgan fingerprint density at radius 1 is 1.47 bits per heavy atom. The summed E-state index contributed by atoms with van der Waals surface area (Å²) in [5.74, 6) is -0.626. The quantitative estimate of drug-likeness (QED) is 0.499. The van der Waals surface area contributed by atoms with Crippen LogP contribution >= 0.6 is 0 Å². The Bertz CT molecular complexity index is 371. The lowest BCUT2D eigenvalue weighted by Crippen LogP contribution is -2.51. The van der Waals surface area contributed by atoms with Crippen molar-refractivity contribution in [2.45, 2.75) is 26.1 Å². The molecule has 0 aliphatic carbocycles. The second-order valence-corrected chi connectivity index (χ2v) is 3.72. The topological polar surface area (TPSA) is 78.5 Å². The van der Waals surface area contributed by atoms with E-state index in [4.69, 9.17) is 0 Å². The Morgan fingerprint density at radius 3 is 2.59 bits per heavy atom. The van der Waals surface area contributed by atoms with Gasteiger partial charge in [-0.15, -0.1) is 0 Å². The predicted molar refractivity (Wildman–Crippen MR) is 61.4 cm³/mol. The zero-order valence-corrected chi connectivity index (χ0v) is 9.77. The van der Waals surface area contributed by atoms with Crippen molar-refractivity contribution in [3.05, 3.63) is 24.4 Å². The van der Waals surface area contributed by atoms with Crippen LogP contribution < -0.4 is 10.6 Å². The lowest BCUT2D eigenvalue weighted by molar-refractivity contribution is -0.134. The molecular weight excluding hydrogens is 222 g/mol. The van der Waals surface area contributed by atoms with E-state index in [0.717, 1.165) is 0 Å². The molecule has 1 aliphatic heterocycles. The number of allylic oxidation sites excluding steroid dienone is 1. The van der Waals surface area contributed by atoms with Gasteiger partial charge in [0.1, 0.15) is 6.04 Å². The minimum absolute atomic E-state index is 0.270. The van der Waals surface area contributed by atoms with E-state index in [1.807, 2.05) is 0 Å². The molecular formula is C11H15N3O3. The highest BCUT2D eigenvalue weighted by molar-refractivity contribution is 5.97. The van der Waals surface area contributed by atoms with Gasteiger partial charge in [-0.05, 0) is 19.9 Å². The van der Waals surface area contributed by atoms with Crippen molar-refractivity contribution in [1.29, 1.82) is 0 Å². The first-order valence-electron chi connectivity index (χ1n) is 5.17. The summed E-state index contributed by atoms with van der Waals surface area (Å²) in [5.41, 5.74) is 0.480. The van der Waals surface area contributed by atoms with Gasteiger partial charge in [-0.3, -0.25) is 19.3 Å². The molecule has 92 valence electrons. The van der Waals surface area contributed by atoms with Crippen LogP contribution in [0.5, 0.6) is 0 Å². The summed E-state index contributed by atoms with van der Waals surface area (Å²) >= 11 is 0. The summed E-state index contributed by atoms with van der Waals surface area (Å²) in [4.78, 5) is 34.7. The molecule has 0 bridgehead atoms. The number of hydrogen-bond acceptors (Lipinski definition) is 3. The van der Waals surface area contributed by atoms with Gasteiger partial charge in [-0.25, -0.2) is 0 Å². The number of rotatable bonds is 5. The highest BCUT2D eigenvalue weighted by Gasteiger charge is 2.29. The van der Waals surface area contributed by atoms with Gasteiger partial charge >= 0.3 is 0 Å². The minimum Gasteiger partial charge on any atom is -0.339 e. The number of hydrogen-bond donors (Lipinski definition) is 2. The van der Waals surface area contributed by atoms with Gasteiger partial charge in [-0.2, -0.15) is 0 Å². The third-order valence-corrected chi connectivity index (χ3v) is 2.41. The van der Waals surface area contributed by atoms with Crippen molar-refractivity contribution < 1.29 is 14.4 Å². The highest BCUT2D eigenvalue weighted by Crippen LogP contribution is 2.16. The molecule has 0 saturated carbocycles. The van der Waals surface area contributed by atoms with E-state index in [1.54, 1.807) is 19.9 Å². The van der Waals surface area contributed by atoms with Crippen molar-refractivity contribution in [3.8, 4) is 0 Å².